The second-order valence-electron chi connectivity index (χ2n) is 6.41. The Morgan fingerprint density at radius 2 is 1.79 bits per heavy atom. The van der Waals surface area contributed by atoms with Gasteiger partial charge in [0.05, 0.1) is 16.6 Å². The van der Waals surface area contributed by atoms with Crippen molar-refractivity contribution in [2.45, 2.75) is 12.7 Å². The van der Waals surface area contributed by atoms with Crippen LogP contribution in [0.3, 0.4) is 0 Å². The maximum atomic E-state index is 13.8. The summed E-state index contributed by atoms with van der Waals surface area (Å²) >= 11 is 0. The molecule has 4 aromatic rings. The van der Waals surface area contributed by atoms with Gasteiger partial charge in [-0.15, -0.1) is 0 Å². The highest BCUT2D eigenvalue weighted by atomic mass is 19.4. The topological polar surface area (TPSA) is 48.0 Å². The standard InChI is InChI=1S/C21H13F4N2O/c22-14-7-8-17-16(10-14)19-15(20(26)28)5-2-6-18(19)27(17)11-12-3-1-4-13(9-12)21(23,24)25/h1-9H,11H2,(H2,26,28). The van der Waals surface area contributed by atoms with Crippen molar-refractivity contribution in [2.75, 3.05) is 0 Å². The smallest absolute Gasteiger partial charge is 0.366 e. The number of benzene rings is 3. The van der Waals surface area contributed by atoms with E-state index in [0.29, 0.717) is 27.4 Å². The van der Waals surface area contributed by atoms with E-state index in [1.807, 2.05) is 0 Å². The molecular weight excluding hydrogens is 372 g/mol. The largest absolute Gasteiger partial charge is 0.416 e. The zero-order valence-electron chi connectivity index (χ0n) is 14.3. The number of amides is 1. The molecule has 0 saturated heterocycles. The third kappa shape index (κ3) is 2.98. The molecule has 3 nitrogen and oxygen atoms in total. The van der Waals surface area contributed by atoms with Crippen molar-refractivity contribution in [3.8, 4) is 0 Å². The number of aromatic nitrogens is 1. The van der Waals surface area contributed by atoms with Crippen LogP contribution in [0.5, 0.6) is 0 Å². The van der Waals surface area contributed by atoms with Crippen molar-refractivity contribution in [1.29, 1.82) is 0 Å². The Labute approximate surface area is 157 Å². The van der Waals surface area contributed by atoms with E-state index in [-0.39, 0.29) is 12.1 Å². The number of hydrogen-bond acceptors (Lipinski definition) is 1. The molecule has 0 spiro atoms. The number of fused-ring (bicyclic) bond motifs is 3. The van der Waals surface area contributed by atoms with E-state index in [4.69, 9.17) is 5.73 Å². The lowest BCUT2D eigenvalue weighted by Gasteiger charge is -2.11. The Morgan fingerprint density at radius 1 is 1.04 bits per heavy atom. The van der Waals surface area contributed by atoms with Gasteiger partial charge in [-0.2, -0.15) is 13.2 Å². The Balaban J connectivity index is 1.97. The number of hydrogen-bond donors (Lipinski definition) is 1. The monoisotopic (exact) mass is 385 g/mol. The van der Waals surface area contributed by atoms with Gasteiger partial charge < -0.3 is 10.3 Å². The van der Waals surface area contributed by atoms with Crippen LogP contribution >= 0.6 is 0 Å². The first kappa shape index (κ1) is 18.0. The molecule has 4 rings (SSSR count). The van der Waals surface area contributed by atoms with Gasteiger partial charge in [0.15, 0.2) is 0 Å². The summed E-state index contributed by atoms with van der Waals surface area (Å²) < 4.78 is 54.6. The Kier molecular flexibility index (Phi) is 4.10. The highest BCUT2D eigenvalue weighted by molar-refractivity contribution is 6.17. The molecule has 1 amide bonds. The van der Waals surface area contributed by atoms with Gasteiger partial charge in [0.1, 0.15) is 5.82 Å². The summed E-state index contributed by atoms with van der Waals surface area (Å²) in [5, 5.41) is 0.785. The fourth-order valence-corrected chi connectivity index (χ4v) is 3.44. The van der Waals surface area contributed by atoms with E-state index in [1.165, 1.54) is 24.3 Å². The number of rotatable bonds is 3. The minimum Gasteiger partial charge on any atom is -0.366 e. The number of nitrogens with two attached hydrogens (primary N) is 1. The van der Waals surface area contributed by atoms with Crippen LogP contribution in [0.4, 0.5) is 17.6 Å². The van der Waals surface area contributed by atoms with Gasteiger partial charge in [0, 0.05) is 28.9 Å². The van der Waals surface area contributed by atoms with Crippen molar-refractivity contribution in [3.05, 3.63) is 83.2 Å². The summed E-state index contributed by atoms with van der Waals surface area (Å²) in [5.74, 6) is -1.29. The fraction of sp³-hybridized carbons (Fsp3) is 0.0952. The second-order valence-corrected chi connectivity index (χ2v) is 6.41. The van der Waals surface area contributed by atoms with Gasteiger partial charge in [-0.05, 0) is 42.0 Å². The van der Waals surface area contributed by atoms with Crippen molar-refractivity contribution >= 4 is 27.7 Å². The van der Waals surface area contributed by atoms with E-state index < -0.39 is 23.5 Å². The second kappa shape index (κ2) is 6.37. The van der Waals surface area contributed by atoms with Gasteiger partial charge in [0.25, 0.3) is 0 Å². The molecule has 0 aliphatic rings. The molecule has 0 saturated carbocycles. The van der Waals surface area contributed by atoms with Crippen LogP contribution in [0.15, 0.2) is 54.6 Å². The predicted octanol–water partition coefficient (Wildman–Crippen LogP) is 4.90. The first-order valence-electron chi connectivity index (χ1n) is 8.34. The average Bonchev–Trinajstić information content (AvgIpc) is 2.94. The zero-order chi connectivity index (χ0) is 20.1. The normalized spacial score (nSPS) is 12.0. The van der Waals surface area contributed by atoms with Crippen LogP contribution in [0, 0.1) is 11.9 Å². The minimum atomic E-state index is -4.45. The number of carbonyl (C=O) groups is 1. The molecule has 0 bridgehead atoms. The molecule has 1 aromatic heterocycles. The number of carbonyl (C=O) groups excluding carboxylic acids is 1. The predicted molar refractivity (Wildman–Crippen MR) is 97.3 cm³/mol. The molecule has 0 fully saturated rings. The molecule has 7 heteroatoms. The molecule has 1 radical (unpaired) electrons. The summed E-state index contributed by atoms with van der Waals surface area (Å²) in [6.07, 6.45) is -4.45. The SMILES string of the molecule is NC(=O)c1cccc2c1c1[c]c(F)ccc1n2Cc1cccc(C(F)(F)F)c1. The van der Waals surface area contributed by atoms with Crippen molar-refractivity contribution in [2.24, 2.45) is 5.73 Å². The zero-order valence-corrected chi connectivity index (χ0v) is 14.3. The maximum Gasteiger partial charge on any atom is 0.416 e. The lowest BCUT2D eigenvalue weighted by molar-refractivity contribution is -0.137. The first-order valence-corrected chi connectivity index (χ1v) is 8.34. The van der Waals surface area contributed by atoms with Crippen molar-refractivity contribution < 1.29 is 22.4 Å². The highest BCUT2D eigenvalue weighted by Gasteiger charge is 2.30. The van der Waals surface area contributed by atoms with Gasteiger partial charge in [-0.25, -0.2) is 4.39 Å². The summed E-state index contributed by atoms with van der Waals surface area (Å²) in [7, 11) is 0. The number of nitrogens with zero attached hydrogens (tertiary/aromatic N) is 1. The van der Waals surface area contributed by atoms with Gasteiger partial charge in [0.2, 0.25) is 5.91 Å². The van der Waals surface area contributed by atoms with E-state index in [2.05, 4.69) is 6.07 Å². The minimum absolute atomic E-state index is 0.103. The van der Waals surface area contributed by atoms with Crippen LogP contribution in [0.25, 0.3) is 21.8 Å². The van der Waals surface area contributed by atoms with Crippen LogP contribution in [0.1, 0.15) is 21.5 Å². The van der Waals surface area contributed by atoms with Crippen LogP contribution in [-0.2, 0) is 12.7 Å². The number of alkyl halides is 3. The van der Waals surface area contributed by atoms with E-state index in [9.17, 15) is 22.4 Å². The van der Waals surface area contributed by atoms with Crippen LogP contribution in [-0.4, -0.2) is 10.5 Å². The molecule has 3 aromatic carbocycles. The lowest BCUT2D eigenvalue weighted by atomic mass is 10.1. The van der Waals surface area contributed by atoms with Crippen LogP contribution < -0.4 is 5.73 Å². The van der Waals surface area contributed by atoms with Gasteiger partial charge >= 0.3 is 6.18 Å². The Bertz CT molecular complexity index is 1220. The maximum absolute atomic E-state index is 13.8. The Hall–Kier alpha value is -3.35. The van der Waals surface area contributed by atoms with E-state index >= 15 is 0 Å². The molecular formula is C21H13F4N2O. The molecule has 0 atom stereocenters. The molecule has 2 N–H and O–H groups in total. The molecule has 28 heavy (non-hydrogen) atoms. The summed E-state index contributed by atoms with van der Waals surface area (Å²) in [5.41, 5.74) is 6.43. The molecule has 0 aliphatic heterocycles. The molecule has 141 valence electrons. The summed E-state index contributed by atoms with van der Waals surface area (Å²) in [4.78, 5) is 11.8. The first-order chi connectivity index (χ1) is 13.3. The highest BCUT2D eigenvalue weighted by Crippen LogP contribution is 2.34. The van der Waals surface area contributed by atoms with E-state index in [1.54, 1.807) is 22.8 Å². The van der Waals surface area contributed by atoms with E-state index in [0.717, 1.165) is 12.1 Å². The quantitative estimate of drug-likeness (QED) is 0.501. The molecule has 0 unspecified atom stereocenters. The van der Waals surface area contributed by atoms with Crippen molar-refractivity contribution in [3.63, 3.8) is 0 Å². The molecule has 1 heterocycles. The number of halogens is 4. The summed E-state index contributed by atoms with van der Waals surface area (Å²) in [6, 6.07) is 15.2. The van der Waals surface area contributed by atoms with Gasteiger partial charge in [-0.1, -0.05) is 18.2 Å². The molecule has 0 aliphatic carbocycles. The summed E-state index contributed by atoms with van der Waals surface area (Å²) in [6.45, 7) is 0.103. The van der Waals surface area contributed by atoms with Crippen LogP contribution in [0.2, 0.25) is 0 Å². The lowest BCUT2D eigenvalue weighted by Crippen LogP contribution is -2.11. The number of primary amides is 1. The third-order valence-electron chi connectivity index (χ3n) is 4.62. The van der Waals surface area contributed by atoms with Gasteiger partial charge in [-0.3, -0.25) is 4.79 Å². The Morgan fingerprint density at radius 3 is 2.50 bits per heavy atom. The average molecular weight is 385 g/mol. The third-order valence-corrected chi connectivity index (χ3v) is 4.62. The van der Waals surface area contributed by atoms with Crippen molar-refractivity contribution in [1.82, 2.24) is 4.57 Å². The fourth-order valence-electron chi connectivity index (χ4n) is 3.44.